The molecule has 48 heavy (non-hydrogen) atoms. The summed E-state index contributed by atoms with van der Waals surface area (Å²) in [5, 5.41) is 10.3. The Bertz CT molecular complexity index is 2020. The smallest absolute Gasteiger partial charge is 0.316 e. The third-order valence-electron chi connectivity index (χ3n) is 6.92. The molecular weight excluding hydrogens is 645 g/mol. The van der Waals surface area contributed by atoms with Gasteiger partial charge in [-0.15, -0.1) is 0 Å². The van der Waals surface area contributed by atoms with Crippen LogP contribution < -0.4 is 0 Å². The Kier molecular flexibility index (Phi) is 11.2. The molecule has 10 nitrogen and oxygen atoms in total. The predicted molar refractivity (Wildman–Crippen MR) is 191 cm³/mol. The lowest BCUT2D eigenvalue weighted by Crippen LogP contribution is -2.25. The molecule has 0 spiro atoms. The standard InChI is InChI=1S/C20H23N3O2S.C16H15N3O2S/c1-14-7-9-15(10-8-14)12-23-18-16(6-5-11-21-18)22-19(23)26-13-17(24)25-20(2,3)4;1-11-4-6-12(7-5-11)9-19-15-13(3-2-8-17-15)18-16(19)22-10-14(20)21/h5-11H,12-13H2,1-4H3;2-8H,9-10H2,1H3,(H,20,21). The summed E-state index contributed by atoms with van der Waals surface area (Å²) in [6, 6.07) is 24.2. The van der Waals surface area contributed by atoms with Gasteiger partial charge in [0.25, 0.3) is 0 Å². The van der Waals surface area contributed by atoms with Crippen molar-refractivity contribution in [2.45, 2.75) is 63.6 Å². The van der Waals surface area contributed by atoms with E-state index < -0.39 is 11.6 Å². The minimum absolute atomic E-state index is 0.0166. The molecule has 4 aromatic heterocycles. The van der Waals surface area contributed by atoms with Gasteiger partial charge in [0.15, 0.2) is 21.6 Å². The maximum absolute atomic E-state index is 12.1. The van der Waals surface area contributed by atoms with E-state index in [1.165, 1.54) is 40.2 Å². The van der Waals surface area contributed by atoms with Crippen molar-refractivity contribution in [3.63, 3.8) is 0 Å². The first-order chi connectivity index (χ1) is 22.9. The maximum atomic E-state index is 12.1. The molecule has 0 amide bonds. The first kappa shape index (κ1) is 34.6. The van der Waals surface area contributed by atoms with E-state index >= 15 is 0 Å². The molecule has 0 unspecified atom stereocenters. The minimum atomic E-state index is -0.855. The Morgan fingerprint density at radius 1 is 0.708 bits per heavy atom. The molecule has 12 heteroatoms. The number of hydrogen-bond donors (Lipinski definition) is 1. The van der Waals surface area contributed by atoms with Gasteiger partial charge in [-0.1, -0.05) is 83.2 Å². The maximum Gasteiger partial charge on any atom is 0.316 e. The third kappa shape index (κ3) is 9.45. The summed E-state index contributed by atoms with van der Waals surface area (Å²) < 4.78 is 9.41. The lowest BCUT2D eigenvalue weighted by molar-refractivity contribution is -0.151. The van der Waals surface area contributed by atoms with Gasteiger partial charge in [0, 0.05) is 12.4 Å². The highest BCUT2D eigenvalue weighted by Gasteiger charge is 2.19. The molecule has 1 N–H and O–H groups in total. The number of carboxylic acids is 1. The van der Waals surface area contributed by atoms with Crippen molar-refractivity contribution >= 4 is 57.8 Å². The number of benzene rings is 2. The Hall–Kier alpha value is -4.68. The molecule has 0 fully saturated rings. The van der Waals surface area contributed by atoms with E-state index in [1.807, 2.05) is 56.5 Å². The molecule has 0 radical (unpaired) electrons. The molecule has 0 saturated carbocycles. The van der Waals surface area contributed by atoms with Gasteiger partial charge in [0.05, 0.1) is 24.6 Å². The van der Waals surface area contributed by atoms with Crippen molar-refractivity contribution in [2.24, 2.45) is 0 Å². The summed E-state index contributed by atoms with van der Waals surface area (Å²) in [5.41, 5.74) is 7.44. The second-order valence-electron chi connectivity index (χ2n) is 12.2. The Labute approximate surface area is 288 Å². The van der Waals surface area contributed by atoms with Crippen molar-refractivity contribution in [2.75, 3.05) is 11.5 Å². The van der Waals surface area contributed by atoms with Crippen LogP contribution in [0.1, 0.15) is 43.0 Å². The molecular formula is C36H38N6O4S2. The first-order valence-electron chi connectivity index (χ1n) is 15.4. The van der Waals surface area contributed by atoms with Crippen LogP contribution in [0.4, 0.5) is 0 Å². The van der Waals surface area contributed by atoms with Crippen LogP contribution in [0.5, 0.6) is 0 Å². The number of aryl methyl sites for hydroxylation is 2. The average molecular weight is 683 g/mol. The van der Waals surface area contributed by atoms with Crippen molar-refractivity contribution in [3.05, 3.63) is 107 Å². The van der Waals surface area contributed by atoms with Crippen LogP contribution >= 0.6 is 23.5 Å². The number of carboxylic acid groups (broad SMARTS) is 1. The van der Waals surface area contributed by atoms with E-state index in [9.17, 15) is 9.59 Å². The van der Waals surface area contributed by atoms with Crippen LogP contribution in [-0.4, -0.2) is 63.2 Å². The molecule has 6 rings (SSSR count). The quantitative estimate of drug-likeness (QED) is 0.117. The number of aliphatic carboxylic acids is 1. The fourth-order valence-corrected chi connectivity index (χ4v) is 6.25. The average Bonchev–Trinajstić information content (AvgIpc) is 3.58. The monoisotopic (exact) mass is 682 g/mol. The van der Waals surface area contributed by atoms with Gasteiger partial charge in [0.2, 0.25) is 0 Å². The number of carbonyl (C=O) groups excluding carboxylic acids is 1. The van der Waals surface area contributed by atoms with Crippen molar-refractivity contribution in [1.29, 1.82) is 0 Å². The van der Waals surface area contributed by atoms with Gasteiger partial charge in [-0.2, -0.15) is 0 Å². The second kappa shape index (κ2) is 15.5. The van der Waals surface area contributed by atoms with E-state index in [0.717, 1.165) is 33.0 Å². The topological polar surface area (TPSA) is 125 Å². The normalized spacial score (nSPS) is 11.4. The van der Waals surface area contributed by atoms with Crippen LogP contribution in [0.25, 0.3) is 22.3 Å². The molecule has 0 aliphatic rings. The number of pyridine rings is 2. The molecule has 0 aliphatic heterocycles. The van der Waals surface area contributed by atoms with E-state index in [0.29, 0.717) is 18.2 Å². The molecule has 0 saturated heterocycles. The van der Waals surface area contributed by atoms with Crippen molar-refractivity contribution in [1.82, 2.24) is 29.1 Å². The van der Waals surface area contributed by atoms with Gasteiger partial charge in [0.1, 0.15) is 16.6 Å². The number of rotatable bonds is 10. The second-order valence-corrected chi connectivity index (χ2v) is 14.1. The molecule has 0 bridgehead atoms. The Morgan fingerprint density at radius 2 is 1.15 bits per heavy atom. The van der Waals surface area contributed by atoms with Gasteiger partial charge in [-0.05, 0) is 70.0 Å². The molecule has 0 aliphatic carbocycles. The minimum Gasteiger partial charge on any atom is -0.481 e. The van der Waals surface area contributed by atoms with Crippen LogP contribution in [0.15, 0.2) is 95.5 Å². The molecule has 2 aromatic carbocycles. The summed E-state index contributed by atoms with van der Waals surface area (Å²) in [7, 11) is 0. The van der Waals surface area contributed by atoms with E-state index in [2.05, 4.69) is 80.0 Å². The zero-order valence-electron chi connectivity index (χ0n) is 27.6. The summed E-state index contributed by atoms with van der Waals surface area (Å²) in [6.45, 7) is 11.0. The van der Waals surface area contributed by atoms with Gasteiger partial charge < -0.3 is 9.84 Å². The number of fused-ring (bicyclic) bond motifs is 2. The number of esters is 1. The highest BCUT2D eigenvalue weighted by Crippen LogP contribution is 2.26. The third-order valence-corrected chi connectivity index (χ3v) is 8.84. The van der Waals surface area contributed by atoms with Gasteiger partial charge in [-0.25, -0.2) is 19.9 Å². The SMILES string of the molecule is Cc1ccc(Cn2c(SCC(=O)O)nc3cccnc32)cc1.Cc1ccc(Cn2c(SCC(=O)OC(C)(C)C)nc3cccnc32)cc1. The number of nitrogens with zero attached hydrogens (tertiary/aromatic N) is 6. The number of aromatic nitrogens is 6. The zero-order valence-corrected chi connectivity index (χ0v) is 29.2. The lowest BCUT2D eigenvalue weighted by Gasteiger charge is -2.19. The Balaban J connectivity index is 0.000000190. The zero-order chi connectivity index (χ0) is 34.3. The van der Waals surface area contributed by atoms with Crippen molar-refractivity contribution in [3.8, 4) is 0 Å². The molecule has 248 valence electrons. The Morgan fingerprint density at radius 3 is 1.56 bits per heavy atom. The first-order valence-corrected chi connectivity index (χ1v) is 17.3. The largest absolute Gasteiger partial charge is 0.481 e. The summed E-state index contributed by atoms with van der Waals surface area (Å²) in [6.07, 6.45) is 3.49. The summed E-state index contributed by atoms with van der Waals surface area (Å²) in [5.74, 6) is -0.901. The predicted octanol–water partition coefficient (Wildman–Crippen LogP) is 7.19. The fraction of sp³-hybridized carbons (Fsp3) is 0.278. The number of ether oxygens (including phenoxy) is 1. The summed E-state index contributed by atoms with van der Waals surface area (Å²) >= 11 is 2.60. The van der Waals surface area contributed by atoms with Crippen LogP contribution in [-0.2, 0) is 27.4 Å². The molecule has 0 atom stereocenters. The number of thioether (sulfide) groups is 2. The summed E-state index contributed by atoms with van der Waals surface area (Å²) in [4.78, 5) is 40.9. The van der Waals surface area contributed by atoms with E-state index in [1.54, 1.807) is 12.4 Å². The van der Waals surface area contributed by atoms with E-state index in [4.69, 9.17) is 9.84 Å². The fourth-order valence-electron chi connectivity index (χ4n) is 4.75. The van der Waals surface area contributed by atoms with Crippen LogP contribution in [0.2, 0.25) is 0 Å². The molecule has 6 aromatic rings. The number of hydrogen-bond acceptors (Lipinski definition) is 9. The molecule has 4 heterocycles. The van der Waals surface area contributed by atoms with Gasteiger partial charge in [-0.3, -0.25) is 18.7 Å². The van der Waals surface area contributed by atoms with Crippen molar-refractivity contribution < 1.29 is 19.4 Å². The van der Waals surface area contributed by atoms with Crippen LogP contribution in [0, 0.1) is 13.8 Å². The van der Waals surface area contributed by atoms with Gasteiger partial charge >= 0.3 is 11.9 Å². The number of carbonyl (C=O) groups is 2. The lowest BCUT2D eigenvalue weighted by atomic mass is 10.1. The van der Waals surface area contributed by atoms with E-state index in [-0.39, 0.29) is 17.5 Å². The highest BCUT2D eigenvalue weighted by molar-refractivity contribution is 8.00. The number of imidazole rings is 2. The highest BCUT2D eigenvalue weighted by atomic mass is 32.2. The van der Waals surface area contributed by atoms with Crippen LogP contribution in [0.3, 0.4) is 0 Å².